The topological polar surface area (TPSA) is 52.2 Å². The van der Waals surface area contributed by atoms with Gasteiger partial charge in [-0.3, -0.25) is 4.57 Å². The van der Waals surface area contributed by atoms with Crippen molar-refractivity contribution in [2.24, 2.45) is 0 Å². The van der Waals surface area contributed by atoms with Crippen LogP contribution in [0.4, 0.5) is 0 Å². The third kappa shape index (κ3) is 2.31. The highest BCUT2D eigenvalue weighted by atomic mass is 32.1. The molecule has 3 aromatic heterocycles. The third-order valence-corrected chi connectivity index (χ3v) is 4.21. The maximum atomic E-state index is 12.5. The highest BCUT2D eigenvalue weighted by molar-refractivity contribution is 7.16. The molecule has 0 aliphatic rings. The summed E-state index contributed by atoms with van der Waals surface area (Å²) in [5.41, 5.74) is 1.55. The molecule has 0 amide bonds. The second-order valence-corrected chi connectivity index (χ2v) is 5.38. The molecule has 4 aromatic rings. The molecular weight excluding hydrogens is 296 g/mol. The summed E-state index contributed by atoms with van der Waals surface area (Å²) in [7, 11) is 0. The van der Waals surface area contributed by atoms with Crippen LogP contribution >= 0.6 is 11.3 Å². The predicted molar refractivity (Wildman–Crippen MR) is 91.6 cm³/mol. The van der Waals surface area contributed by atoms with Crippen LogP contribution in [0.25, 0.3) is 15.9 Å². The molecule has 3 heterocycles. The van der Waals surface area contributed by atoms with Crippen molar-refractivity contribution in [2.75, 3.05) is 0 Å². The molecular formula is C16H18N4OS. The van der Waals surface area contributed by atoms with E-state index in [4.69, 9.17) is 0 Å². The zero-order chi connectivity index (χ0) is 13.5. The average molecular weight is 314 g/mol. The van der Waals surface area contributed by atoms with Gasteiger partial charge >= 0.3 is 5.69 Å². The minimum absolute atomic E-state index is 0. The molecule has 0 saturated carbocycles. The van der Waals surface area contributed by atoms with E-state index in [2.05, 4.69) is 10.1 Å². The van der Waals surface area contributed by atoms with Crippen molar-refractivity contribution < 1.29 is 0 Å². The first-order valence-electron chi connectivity index (χ1n) is 6.18. The van der Waals surface area contributed by atoms with Gasteiger partial charge in [0.15, 0.2) is 5.65 Å². The van der Waals surface area contributed by atoms with Crippen LogP contribution in [0.5, 0.6) is 0 Å². The monoisotopic (exact) mass is 314 g/mol. The molecule has 4 rings (SSSR count). The number of benzene rings is 1. The highest BCUT2D eigenvalue weighted by Gasteiger charge is 2.13. The van der Waals surface area contributed by atoms with E-state index >= 15 is 0 Å². The fourth-order valence-corrected chi connectivity index (χ4v) is 3.24. The number of rotatable bonds is 2. The van der Waals surface area contributed by atoms with Gasteiger partial charge in [-0.25, -0.2) is 9.78 Å². The lowest BCUT2D eigenvalue weighted by atomic mass is 10.2. The zero-order valence-electron chi connectivity index (χ0n) is 10.4. The Morgan fingerprint density at radius 2 is 1.86 bits per heavy atom. The van der Waals surface area contributed by atoms with Crippen LogP contribution in [-0.4, -0.2) is 19.2 Å². The van der Waals surface area contributed by atoms with E-state index in [0.29, 0.717) is 12.2 Å². The lowest BCUT2D eigenvalue weighted by Crippen LogP contribution is -2.27. The third-order valence-electron chi connectivity index (χ3n) is 3.27. The standard InChI is InChI=1S/C14H10N4OS.2CH4/c19-14-17(8-10-4-2-1-3-5-10)13-11(6-7-20-13)12-15-9-16-18(12)14;;/h1-7,9H,8H2;2*1H4. The zero-order valence-corrected chi connectivity index (χ0v) is 11.2. The number of thiophene rings is 1. The number of hydrogen-bond donors (Lipinski definition) is 0. The fourth-order valence-electron chi connectivity index (χ4n) is 2.35. The summed E-state index contributed by atoms with van der Waals surface area (Å²) in [4.78, 5) is 17.6. The van der Waals surface area contributed by atoms with Crippen molar-refractivity contribution in [2.45, 2.75) is 21.4 Å². The van der Waals surface area contributed by atoms with Crippen molar-refractivity contribution in [3.05, 3.63) is 64.2 Å². The average Bonchev–Trinajstić information content (AvgIpc) is 3.12. The molecule has 0 saturated heterocycles. The van der Waals surface area contributed by atoms with Crippen molar-refractivity contribution in [3.8, 4) is 0 Å². The van der Waals surface area contributed by atoms with Gasteiger partial charge in [0, 0.05) is 0 Å². The summed E-state index contributed by atoms with van der Waals surface area (Å²) < 4.78 is 3.11. The molecule has 0 aliphatic heterocycles. The van der Waals surface area contributed by atoms with E-state index < -0.39 is 0 Å². The molecule has 0 radical (unpaired) electrons. The Bertz CT molecular complexity index is 953. The largest absolute Gasteiger partial charge is 0.352 e. The van der Waals surface area contributed by atoms with Gasteiger partial charge in [0.2, 0.25) is 0 Å². The van der Waals surface area contributed by atoms with E-state index in [0.717, 1.165) is 15.8 Å². The second kappa shape index (κ2) is 6.11. The Kier molecular flexibility index (Phi) is 4.42. The van der Waals surface area contributed by atoms with Crippen LogP contribution in [0.2, 0.25) is 0 Å². The van der Waals surface area contributed by atoms with Crippen molar-refractivity contribution >= 4 is 27.2 Å². The van der Waals surface area contributed by atoms with E-state index in [1.807, 2.05) is 41.8 Å². The predicted octanol–water partition coefficient (Wildman–Crippen LogP) is 3.43. The Balaban J connectivity index is 0.000000882. The van der Waals surface area contributed by atoms with Gasteiger partial charge in [-0.05, 0) is 17.0 Å². The minimum atomic E-state index is -0.156. The Labute approximate surface area is 132 Å². The Hall–Kier alpha value is -2.47. The van der Waals surface area contributed by atoms with E-state index in [1.165, 1.54) is 10.8 Å². The lowest BCUT2D eigenvalue weighted by Gasteiger charge is -2.08. The van der Waals surface area contributed by atoms with E-state index in [-0.39, 0.29) is 20.5 Å². The molecule has 0 unspecified atom stereocenters. The molecule has 22 heavy (non-hydrogen) atoms. The van der Waals surface area contributed by atoms with Gasteiger partial charge in [0.1, 0.15) is 11.2 Å². The minimum Gasteiger partial charge on any atom is -0.278 e. The summed E-state index contributed by atoms with van der Waals surface area (Å²) in [6.45, 7) is 0.534. The lowest BCUT2D eigenvalue weighted by molar-refractivity contribution is 0.720. The second-order valence-electron chi connectivity index (χ2n) is 4.49. The number of aromatic nitrogens is 4. The summed E-state index contributed by atoms with van der Waals surface area (Å²) in [5.74, 6) is 0. The normalized spacial score (nSPS) is 10.4. The first-order valence-corrected chi connectivity index (χ1v) is 7.06. The number of nitrogens with zero attached hydrogens (tertiary/aromatic N) is 4. The highest BCUT2D eigenvalue weighted by Crippen LogP contribution is 2.22. The summed E-state index contributed by atoms with van der Waals surface area (Å²) in [5, 5.41) is 6.96. The van der Waals surface area contributed by atoms with Crippen LogP contribution in [0, 0.1) is 0 Å². The van der Waals surface area contributed by atoms with Crippen molar-refractivity contribution in [3.63, 3.8) is 0 Å². The Morgan fingerprint density at radius 3 is 2.64 bits per heavy atom. The molecule has 0 bridgehead atoms. The van der Waals surface area contributed by atoms with Gasteiger partial charge in [-0.15, -0.1) is 11.3 Å². The molecule has 0 N–H and O–H groups in total. The molecule has 0 spiro atoms. The van der Waals surface area contributed by atoms with E-state index in [1.54, 1.807) is 15.9 Å². The Morgan fingerprint density at radius 1 is 1.09 bits per heavy atom. The van der Waals surface area contributed by atoms with Crippen LogP contribution < -0.4 is 5.69 Å². The molecule has 5 nitrogen and oxygen atoms in total. The molecule has 0 aliphatic carbocycles. The van der Waals surface area contributed by atoms with Crippen LogP contribution in [-0.2, 0) is 6.54 Å². The van der Waals surface area contributed by atoms with Gasteiger partial charge in [0.05, 0.1) is 11.9 Å². The van der Waals surface area contributed by atoms with Crippen LogP contribution in [0.1, 0.15) is 20.4 Å². The summed E-state index contributed by atoms with van der Waals surface area (Å²) >= 11 is 1.55. The van der Waals surface area contributed by atoms with Crippen LogP contribution in [0.3, 0.4) is 0 Å². The molecule has 114 valence electrons. The molecule has 1 aromatic carbocycles. The fraction of sp³-hybridized carbons (Fsp3) is 0.188. The molecule has 0 atom stereocenters. The smallest absolute Gasteiger partial charge is 0.278 e. The van der Waals surface area contributed by atoms with Crippen molar-refractivity contribution in [1.29, 1.82) is 0 Å². The number of fused-ring (bicyclic) bond motifs is 3. The quantitative estimate of drug-likeness (QED) is 0.569. The van der Waals surface area contributed by atoms with Crippen molar-refractivity contribution in [1.82, 2.24) is 19.2 Å². The summed E-state index contributed by atoms with van der Waals surface area (Å²) in [6, 6.07) is 11.9. The van der Waals surface area contributed by atoms with Crippen LogP contribution in [0.15, 0.2) is 52.9 Å². The van der Waals surface area contributed by atoms with Gasteiger partial charge in [-0.2, -0.15) is 9.61 Å². The van der Waals surface area contributed by atoms with Gasteiger partial charge < -0.3 is 0 Å². The summed E-state index contributed by atoms with van der Waals surface area (Å²) in [6.07, 6.45) is 1.42. The first kappa shape index (κ1) is 15.9. The first-order chi connectivity index (χ1) is 9.84. The molecule has 6 heteroatoms. The molecule has 0 fully saturated rings. The maximum absolute atomic E-state index is 12.5. The maximum Gasteiger partial charge on any atom is 0.352 e. The SMILES string of the molecule is C.C.O=c1n(Cc2ccccc2)c2sccc2c2ncnn12. The van der Waals surface area contributed by atoms with Gasteiger partial charge in [-0.1, -0.05) is 45.2 Å². The number of hydrogen-bond acceptors (Lipinski definition) is 4. The van der Waals surface area contributed by atoms with E-state index in [9.17, 15) is 4.79 Å². The van der Waals surface area contributed by atoms with Gasteiger partial charge in [0.25, 0.3) is 0 Å².